The Morgan fingerprint density at radius 3 is 1.41 bits per heavy atom. The Morgan fingerprint density at radius 2 is 0.886 bits per heavy atom. The number of hydrogen-bond donors (Lipinski definition) is 0. The van der Waals surface area contributed by atoms with Crippen molar-refractivity contribution >= 4 is 39.9 Å². The Labute approximate surface area is 252 Å². The van der Waals surface area contributed by atoms with Crippen LogP contribution in [0.5, 0.6) is 0 Å². The number of fused-ring (bicyclic) bond motifs is 1. The van der Waals surface area contributed by atoms with Gasteiger partial charge in [0.15, 0.2) is 31.3 Å². The first-order valence-electron chi connectivity index (χ1n) is 14.1. The summed E-state index contributed by atoms with van der Waals surface area (Å²) in [5.41, 5.74) is -0.0313. The van der Waals surface area contributed by atoms with Gasteiger partial charge in [-0.05, 0) is 32.9 Å². The third-order valence-electron chi connectivity index (χ3n) is 8.08. The lowest BCUT2D eigenvalue weighted by molar-refractivity contribution is 0.416. The Morgan fingerprint density at radius 1 is 0.455 bits per heavy atom. The van der Waals surface area contributed by atoms with Crippen molar-refractivity contribution in [1.29, 1.82) is 0 Å². The minimum atomic E-state index is -3.14. The van der Waals surface area contributed by atoms with Crippen molar-refractivity contribution in [1.82, 2.24) is 9.55 Å². The van der Waals surface area contributed by atoms with Crippen molar-refractivity contribution in [2.45, 2.75) is 0 Å². The fourth-order valence-corrected chi connectivity index (χ4v) is 11.2. The van der Waals surface area contributed by atoms with Crippen LogP contribution in [-0.2, 0) is 0 Å². The van der Waals surface area contributed by atoms with Crippen LogP contribution in [0.3, 0.4) is 0 Å². The second kappa shape index (κ2) is 11.1. The molecule has 0 unspecified atom stereocenters. The number of hydrogen-bond acceptors (Lipinski definition) is 1. The molecule has 44 heavy (non-hydrogen) atoms. The van der Waals surface area contributed by atoms with E-state index < -0.39 is 42.4 Å². The van der Waals surface area contributed by atoms with E-state index in [1.807, 2.05) is 78.9 Å². The fraction of sp³-hybridized carbons (Fsp3) is 0. The van der Waals surface area contributed by atoms with Crippen molar-refractivity contribution in [3.8, 4) is 17.1 Å². The number of halogens is 4. The third-order valence-corrected chi connectivity index (χ3v) is 12.9. The molecule has 0 aliphatic rings. The summed E-state index contributed by atoms with van der Waals surface area (Å²) < 4.78 is 61.6. The zero-order valence-corrected chi connectivity index (χ0v) is 24.3. The van der Waals surface area contributed by atoms with Crippen molar-refractivity contribution in [3.05, 3.63) is 169 Å². The molecule has 0 atom stereocenters. The highest BCUT2D eigenvalue weighted by molar-refractivity contribution is 7.20. The van der Waals surface area contributed by atoms with Crippen molar-refractivity contribution in [2.75, 3.05) is 0 Å². The van der Waals surface area contributed by atoms with Crippen LogP contribution in [0.4, 0.5) is 17.6 Å². The van der Waals surface area contributed by atoms with Gasteiger partial charge in [-0.15, -0.1) is 0 Å². The number of imidazole rings is 1. The first-order chi connectivity index (χ1) is 21.5. The molecule has 6 aromatic carbocycles. The molecule has 0 aliphatic carbocycles. The zero-order chi connectivity index (χ0) is 30.3. The summed E-state index contributed by atoms with van der Waals surface area (Å²) >= 11 is 0. The first kappa shape index (κ1) is 27.6. The smallest absolute Gasteiger partial charge is 0.199 e. The summed E-state index contributed by atoms with van der Waals surface area (Å²) in [6.07, 6.45) is 0. The highest BCUT2D eigenvalue weighted by Crippen LogP contribution is 2.34. The lowest BCUT2D eigenvalue weighted by Crippen LogP contribution is -2.75. The second-order valence-corrected chi connectivity index (χ2v) is 14.2. The topological polar surface area (TPSA) is 17.8 Å². The first-order valence-corrected chi connectivity index (χ1v) is 16.1. The molecule has 0 radical (unpaired) electrons. The molecule has 2 nitrogen and oxygen atoms in total. The maximum atomic E-state index is 15.6. The summed E-state index contributed by atoms with van der Waals surface area (Å²) in [4.78, 5) is 4.54. The van der Waals surface area contributed by atoms with Gasteiger partial charge in [0, 0.05) is 11.3 Å². The van der Waals surface area contributed by atoms with E-state index in [0.29, 0.717) is 11.3 Å². The van der Waals surface area contributed by atoms with Crippen LogP contribution in [0.15, 0.2) is 146 Å². The standard InChI is InChI=1S/C37H24F4N2Si/c38-31-32(39)34(41)36-35(33(31)40)42-37(43(36)25-15-5-1-6-16-25)29-23-13-14-24-30(29)44(26-17-7-2-8-18-26,27-19-9-3-10-20-27)28-21-11-4-12-22-28/h1-24H. The average Bonchev–Trinajstić information content (AvgIpc) is 3.50. The van der Waals surface area contributed by atoms with Crippen molar-refractivity contribution < 1.29 is 17.6 Å². The van der Waals surface area contributed by atoms with Gasteiger partial charge in [-0.25, -0.2) is 22.5 Å². The summed E-state index contributed by atoms with van der Waals surface area (Å²) in [5.74, 6) is -6.64. The number of para-hydroxylation sites is 1. The van der Waals surface area contributed by atoms with Gasteiger partial charge >= 0.3 is 0 Å². The van der Waals surface area contributed by atoms with Crippen LogP contribution in [0.2, 0.25) is 0 Å². The molecule has 7 rings (SSSR count). The SMILES string of the molecule is Fc1c(F)c(F)c2c(nc(-c3ccccc3[Si](c3ccccc3)(c3ccccc3)c3ccccc3)n2-c2ccccc2)c1F. The molecule has 1 heterocycles. The van der Waals surface area contributed by atoms with E-state index in [0.717, 1.165) is 20.7 Å². The normalized spacial score (nSPS) is 11.6. The monoisotopic (exact) mass is 600 g/mol. The molecule has 0 aliphatic heterocycles. The molecule has 0 saturated heterocycles. The summed E-state index contributed by atoms with van der Waals surface area (Å²) in [7, 11) is -3.14. The van der Waals surface area contributed by atoms with Crippen LogP contribution in [0.25, 0.3) is 28.1 Å². The Hall–Kier alpha value is -5.27. The Kier molecular flexibility index (Phi) is 6.95. The van der Waals surface area contributed by atoms with Gasteiger partial charge in [0.25, 0.3) is 0 Å². The number of benzene rings is 6. The number of nitrogens with zero attached hydrogens (tertiary/aromatic N) is 2. The molecule has 1 aromatic heterocycles. The second-order valence-electron chi connectivity index (χ2n) is 10.5. The van der Waals surface area contributed by atoms with E-state index in [2.05, 4.69) is 41.4 Å². The minimum absolute atomic E-state index is 0.171. The maximum Gasteiger partial charge on any atom is 0.199 e. The molecule has 0 N–H and O–H groups in total. The molecule has 0 amide bonds. The molecule has 0 fully saturated rings. The molecule has 214 valence electrons. The van der Waals surface area contributed by atoms with Gasteiger partial charge in [0.1, 0.15) is 16.9 Å². The van der Waals surface area contributed by atoms with E-state index in [1.165, 1.54) is 4.57 Å². The minimum Gasteiger partial charge on any atom is -0.289 e. The van der Waals surface area contributed by atoms with E-state index in [-0.39, 0.29) is 5.82 Å². The molecular weight excluding hydrogens is 576 g/mol. The number of aromatic nitrogens is 2. The van der Waals surface area contributed by atoms with Gasteiger partial charge in [-0.3, -0.25) is 4.57 Å². The average molecular weight is 601 g/mol. The predicted molar refractivity (Wildman–Crippen MR) is 170 cm³/mol. The quantitative estimate of drug-likeness (QED) is 0.0690. The number of rotatable bonds is 6. The Bertz CT molecular complexity index is 2000. The van der Waals surface area contributed by atoms with Crippen LogP contribution in [0, 0.1) is 23.3 Å². The lowest BCUT2D eigenvalue weighted by Gasteiger charge is -2.35. The summed E-state index contributed by atoms with van der Waals surface area (Å²) in [6, 6.07) is 46.8. The molecule has 7 heteroatoms. The van der Waals surface area contributed by atoms with E-state index >= 15 is 8.78 Å². The van der Waals surface area contributed by atoms with E-state index in [1.54, 1.807) is 30.3 Å². The van der Waals surface area contributed by atoms with Gasteiger partial charge in [0.05, 0.1) is 0 Å². The third kappa shape index (κ3) is 4.19. The van der Waals surface area contributed by atoms with E-state index in [4.69, 9.17) is 0 Å². The Balaban J connectivity index is 1.67. The summed E-state index contributed by atoms with van der Waals surface area (Å²) in [6.45, 7) is 0. The zero-order valence-electron chi connectivity index (χ0n) is 23.3. The van der Waals surface area contributed by atoms with Crippen molar-refractivity contribution in [3.63, 3.8) is 0 Å². The van der Waals surface area contributed by atoms with Gasteiger partial charge in [-0.2, -0.15) is 0 Å². The van der Waals surface area contributed by atoms with Gasteiger partial charge in [0.2, 0.25) is 0 Å². The van der Waals surface area contributed by atoms with Crippen molar-refractivity contribution in [2.24, 2.45) is 0 Å². The van der Waals surface area contributed by atoms with Crippen LogP contribution < -0.4 is 20.7 Å². The largest absolute Gasteiger partial charge is 0.289 e. The van der Waals surface area contributed by atoms with E-state index in [9.17, 15) is 8.78 Å². The molecular formula is C37H24F4N2Si. The fourth-order valence-electron chi connectivity index (χ4n) is 6.22. The summed E-state index contributed by atoms with van der Waals surface area (Å²) in [5, 5.41) is 4.16. The molecule has 0 spiro atoms. The lowest BCUT2D eigenvalue weighted by atomic mass is 10.2. The molecule has 0 saturated carbocycles. The molecule has 7 aromatic rings. The van der Waals surface area contributed by atoms with Crippen LogP contribution >= 0.6 is 0 Å². The highest BCUT2D eigenvalue weighted by atomic mass is 28.3. The van der Waals surface area contributed by atoms with Crippen LogP contribution in [0.1, 0.15) is 0 Å². The molecule has 0 bridgehead atoms. The van der Waals surface area contributed by atoms with Gasteiger partial charge in [-0.1, -0.05) is 133 Å². The van der Waals surface area contributed by atoms with Gasteiger partial charge < -0.3 is 0 Å². The van der Waals surface area contributed by atoms with Crippen LogP contribution in [-0.4, -0.2) is 17.6 Å². The maximum absolute atomic E-state index is 15.6. The highest BCUT2D eigenvalue weighted by Gasteiger charge is 2.43. The predicted octanol–water partition coefficient (Wildman–Crippen LogP) is 6.63.